The predicted octanol–water partition coefficient (Wildman–Crippen LogP) is 5.97. The lowest BCUT2D eigenvalue weighted by Gasteiger charge is -2.26. The number of nitrogens with zero attached hydrogens (tertiary/aromatic N) is 6. The van der Waals surface area contributed by atoms with Crippen LogP contribution in [-0.2, 0) is 5.41 Å². The second-order valence-electron chi connectivity index (χ2n) is 10.2. The Bertz CT molecular complexity index is 1680. The average molecular weight is 530 g/mol. The number of hydrogen-bond donors (Lipinski definition) is 1. The predicted molar refractivity (Wildman–Crippen MR) is 142 cm³/mol. The first kappa shape index (κ1) is 23.3. The van der Waals surface area contributed by atoms with E-state index in [1.165, 1.54) is 0 Å². The van der Waals surface area contributed by atoms with Crippen molar-refractivity contribution in [1.29, 1.82) is 0 Å². The van der Waals surface area contributed by atoms with Crippen LogP contribution < -0.4 is 4.90 Å². The summed E-state index contributed by atoms with van der Waals surface area (Å²) >= 11 is 6.64. The Morgan fingerprint density at radius 2 is 2.05 bits per heavy atom. The number of anilines is 1. The summed E-state index contributed by atoms with van der Waals surface area (Å²) < 4.78 is 19.8. The minimum absolute atomic E-state index is 0.0970. The maximum atomic E-state index is 14.8. The molecule has 192 valence electrons. The number of fused-ring (bicyclic) bond motifs is 2. The summed E-state index contributed by atoms with van der Waals surface area (Å²) in [4.78, 5) is 16.1. The monoisotopic (exact) mass is 529 g/mol. The Labute approximate surface area is 223 Å². The van der Waals surface area contributed by atoms with E-state index < -0.39 is 0 Å². The van der Waals surface area contributed by atoms with Crippen molar-refractivity contribution in [2.45, 2.75) is 32.1 Å². The summed E-state index contributed by atoms with van der Waals surface area (Å²) in [7, 11) is 0. The van der Waals surface area contributed by atoms with Crippen LogP contribution in [0.25, 0.3) is 33.8 Å². The molecule has 1 saturated carbocycles. The maximum absolute atomic E-state index is 14.8. The molecule has 2 fully saturated rings. The van der Waals surface area contributed by atoms with E-state index in [0.717, 1.165) is 48.4 Å². The van der Waals surface area contributed by atoms with Crippen LogP contribution in [-0.4, -0.2) is 43.4 Å². The van der Waals surface area contributed by atoms with Crippen molar-refractivity contribution < 1.29 is 8.91 Å². The molecular formula is C28H25ClFN7O. The lowest BCUT2D eigenvalue weighted by molar-refractivity contribution is 0.394. The van der Waals surface area contributed by atoms with Crippen LogP contribution in [0, 0.1) is 24.6 Å². The number of piperidine rings is 1. The third-order valence-electron chi connectivity index (χ3n) is 8.39. The van der Waals surface area contributed by atoms with Gasteiger partial charge in [-0.25, -0.2) is 14.4 Å². The number of nitrogens with one attached hydrogen (secondary N) is 1. The molecule has 5 aromatic rings. The first-order valence-electron chi connectivity index (χ1n) is 12.8. The van der Waals surface area contributed by atoms with Crippen LogP contribution in [0.4, 0.5) is 10.2 Å². The molecule has 8 nitrogen and oxygen atoms in total. The topological polar surface area (TPSA) is 96.6 Å². The number of aryl methyl sites for hydroxylation is 1. The van der Waals surface area contributed by atoms with Gasteiger partial charge in [0.2, 0.25) is 17.4 Å². The highest BCUT2D eigenvalue weighted by atomic mass is 35.5. The van der Waals surface area contributed by atoms with E-state index in [0.29, 0.717) is 45.4 Å². The number of H-pyrrole nitrogens is 1. The van der Waals surface area contributed by atoms with E-state index >= 15 is 0 Å². The third kappa shape index (κ3) is 3.45. The zero-order valence-corrected chi connectivity index (χ0v) is 21.7. The SMILES string of the molecule is CC[C@]1(c2ccccc2F)[C@@H]2CCN(c3cnc4c(-c5ccc(-c6noc(C)n6)cc5Cl)[nH]nc4n3)C[C@@H]21. The van der Waals surface area contributed by atoms with Gasteiger partial charge in [0.25, 0.3) is 0 Å². The molecule has 1 aliphatic heterocycles. The molecule has 1 N–H and O–H groups in total. The average Bonchev–Trinajstić information content (AvgIpc) is 3.17. The molecule has 1 aliphatic carbocycles. The Hall–Kier alpha value is -3.85. The standard InChI is InChI=1S/C28H25ClFN7O/c1-3-28(19-6-4-5-7-22(19)30)18-10-11-37(14-20(18)28)23-13-31-25-24(34-35-27(25)33-23)17-9-8-16(12-21(17)29)26-32-15(2)38-36-26/h4-9,12-13,18,20H,3,10-11,14H2,1-2H3,(H,33,34,35)/t18-,20+,28-/m1/s1. The summed E-state index contributed by atoms with van der Waals surface area (Å²) in [5.74, 6) is 2.55. The molecule has 7 rings (SSSR count). The number of hydrogen-bond acceptors (Lipinski definition) is 7. The highest BCUT2D eigenvalue weighted by molar-refractivity contribution is 6.33. The number of aromatic amines is 1. The minimum atomic E-state index is -0.0975. The Kier molecular flexibility index (Phi) is 5.26. The zero-order valence-electron chi connectivity index (χ0n) is 20.9. The molecular weight excluding hydrogens is 505 g/mol. The summed E-state index contributed by atoms with van der Waals surface area (Å²) in [5.41, 5.74) is 4.15. The van der Waals surface area contributed by atoms with Crippen molar-refractivity contribution in [2.75, 3.05) is 18.0 Å². The zero-order chi connectivity index (χ0) is 26.0. The molecule has 3 atom stereocenters. The van der Waals surface area contributed by atoms with Gasteiger partial charge in [-0.05, 0) is 42.4 Å². The van der Waals surface area contributed by atoms with Crippen molar-refractivity contribution in [3.8, 4) is 22.6 Å². The molecule has 1 saturated heterocycles. The highest BCUT2D eigenvalue weighted by Crippen LogP contribution is 2.65. The fourth-order valence-corrected chi connectivity index (χ4v) is 6.81. The third-order valence-corrected chi connectivity index (χ3v) is 8.70. The van der Waals surface area contributed by atoms with Crippen LogP contribution in [0.1, 0.15) is 31.2 Å². The van der Waals surface area contributed by atoms with Gasteiger partial charge in [-0.3, -0.25) is 5.10 Å². The summed E-state index contributed by atoms with van der Waals surface area (Å²) in [5, 5.41) is 12.0. The molecule has 0 amide bonds. The van der Waals surface area contributed by atoms with E-state index in [-0.39, 0.29) is 11.2 Å². The lowest BCUT2D eigenvalue weighted by Crippen LogP contribution is -2.32. The molecule has 10 heteroatoms. The number of benzene rings is 2. The van der Waals surface area contributed by atoms with Gasteiger partial charge in [-0.2, -0.15) is 10.1 Å². The smallest absolute Gasteiger partial charge is 0.223 e. The quantitative estimate of drug-likeness (QED) is 0.299. The second-order valence-corrected chi connectivity index (χ2v) is 10.6. The van der Waals surface area contributed by atoms with E-state index in [1.807, 2.05) is 24.3 Å². The fourth-order valence-electron chi connectivity index (χ4n) is 6.54. The molecule has 0 unspecified atom stereocenters. The van der Waals surface area contributed by atoms with Gasteiger partial charge in [-0.15, -0.1) is 0 Å². The Morgan fingerprint density at radius 3 is 2.82 bits per heavy atom. The van der Waals surface area contributed by atoms with Gasteiger partial charge in [-0.1, -0.05) is 54.0 Å². The van der Waals surface area contributed by atoms with Gasteiger partial charge < -0.3 is 9.42 Å². The molecule has 0 radical (unpaired) electrons. The lowest BCUT2D eigenvalue weighted by atomic mass is 9.88. The van der Waals surface area contributed by atoms with Crippen LogP contribution in [0.3, 0.4) is 0 Å². The van der Waals surface area contributed by atoms with Crippen molar-refractivity contribution in [2.24, 2.45) is 11.8 Å². The highest BCUT2D eigenvalue weighted by Gasteiger charge is 2.65. The van der Waals surface area contributed by atoms with Gasteiger partial charge in [0.15, 0.2) is 0 Å². The van der Waals surface area contributed by atoms with E-state index in [9.17, 15) is 4.39 Å². The van der Waals surface area contributed by atoms with Crippen molar-refractivity contribution in [1.82, 2.24) is 30.3 Å². The maximum Gasteiger partial charge on any atom is 0.223 e. The van der Waals surface area contributed by atoms with Gasteiger partial charge in [0, 0.05) is 36.6 Å². The molecule has 3 aromatic heterocycles. The van der Waals surface area contributed by atoms with Crippen molar-refractivity contribution in [3.05, 3.63) is 71.0 Å². The van der Waals surface area contributed by atoms with E-state index in [4.69, 9.17) is 26.1 Å². The number of halogens is 2. The second kappa shape index (κ2) is 8.59. The largest absolute Gasteiger partial charge is 0.355 e. The van der Waals surface area contributed by atoms with Crippen LogP contribution in [0.2, 0.25) is 5.02 Å². The van der Waals surface area contributed by atoms with Gasteiger partial charge in [0.1, 0.15) is 17.2 Å². The van der Waals surface area contributed by atoms with Crippen molar-refractivity contribution in [3.63, 3.8) is 0 Å². The Morgan fingerprint density at radius 1 is 1.18 bits per heavy atom. The van der Waals surface area contributed by atoms with Crippen LogP contribution >= 0.6 is 11.6 Å². The van der Waals surface area contributed by atoms with Gasteiger partial charge >= 0.3 is 0 Å². The van der Waals surface area contributed by atoms with Gasteiger partial charge in [0.05, 0.1) is 16.9 Å². The normalized spacial score (nSPS) is 22.6. The van der Waals surface area contributed by atoms with Crippen molar-refractivity contribution >= 4 is 28.6 Å². The fraction of sp³-hybridized carbons (Fsp3) is 0.321. The summed E-state index contributed by atoms with van der Waals surface area (Å²) in [6, 6.07) is 12.8. The summed E-state index contributed by atoms with van der Waals surface area (Å²) in [6.07, 6.45) is 3.72. The van der Waals surface area contributed by atoms with E-state index in [1.54, 1.807) is 31.3 Å². The first-order chi connectivity index (χ1) is 18.5. The number of rotatable bonds is 5. The first-order valence-corrected chi connectivity index (χ1v) is 13.2. The molecule has 2 aliphatic rings. The number of aromatic nitrogens is 6. The molecule has 0 spiro atoms. The summed E-state index contributed by atoms with van der Waals surface area (Å²) in [6.45, 7) is 5.60. The molecule has 0 bridgehead atoms. The minimum Gasteiger partial charge on any atom is -0.355 e. The Balaban J connectivity index is 1.16. The molecule has 2 aromatic carbocycles. The molecule has 4 heterocycles. The van der Waals surface area contributed by atoms with E-state index in [2.05, 4.69) is 32.2 Å². The van der Waals surface area contributed by atoms with Crippen LogP contribution in [0.15, 0.2) is 53.2 Å². The van der Waals surface area contributed by atoms with Crippen LogP contribution in [0.5, 0.6) is 0 Å². The molecule has 38 heavy (non-hydrogen) atoms.